The van der Waals surface area contributed by atoms with E-state index in [1.54, 1.807) is 0 Å². The van der Waals surface area contributed by atoms with Crippen molar-refractivity contribution in [1.29, 1.82) is 0 Å². The summed E-state index contributed by atoms with van der Waals surface area (Å²) in [5.74, 6) is -1.28. The van der Waals surface area contributed by atoms with E-state index in [-0.39, 0.29) is 11.5 Å². The Morgan fingerprint density at radius 1 is 1.04 bits per heavy atom. The number of carbonyl (C=O) groups excluding carboxylic acids is 2. The zero-order valence-corrected chi connectivity index (χ0v) is 14.2. The molecular formula is C16H21N3O4S. The number of nitrogens with one attached hydrogen (secondary N) is 1. The molecular weight excluding hydrogens is 330 g/mol. The summed E-state index contributed by atoms with van der Waals surface area (Å²) in [4.78, 5) is 28.0. The average molecular weight is 351 g/mol. The van der Waals surface area contributed by atoms with Crippen LogP contribution in [-0.4, -0.2) is 68.9 Å². The highest BCUT2D eigenvalue weighted by Crippen LogP contribution is 2.16. The van der Waals surface area contributed by atoms with Gasteiger partial charge in [-0.05, 0) is 18.6 Å². The second kappa shape index (κ2) is 6.80. The van der Waals surface area contributed by atoms with E-state index in [4.69, 9.17) is 0 Å². The quantitative estimate of drug-likeness (QED) is 0.735. The van der Waals surface area contributed by atoms with Crippen molar-refractivity contribution in [3.8, 4) is 0 Å². The molecule has 0 radical (unpaired) electrons. The average Bonchev–Trinajstić information content (AvgIpc) is 2.93. The molecule has 2 aliphatic heterocycles. The van der Waals surface area contributed by atoms with Gasteiger partial charge >= 0.3 is 11.8 Å². The highest BCUT2D eigenvalue weighted by molar-refractivity contribution is 7.91. The number of hydrogen-bond donors (Lipinski definition) is 1. The van der Waals surface area contributed by atoms with E-state index in [2.05, 4.69) is 10.2 Å². The molecule has 2 fully saturated rings. The predicted octanol–water partition coefficient (Wildman–Crippen LogP) is -0.361. The molecule has 0 saturated carbocycles. The van der Waals surface area contributed by atoms with Crippen LogP contribution in [0.1, 0.15) is 6.42 Å². The standard InChI is InChI=1S/C16H21N3O4S/c20-15(17-13-6-11-24(22,23)12-13)16(21)19-9-7-18(8-10-19)14-4-2-1-3-5-14/h1-5,13H,6-12H2,(H,17,20). The Balaban J connectivity index is 1.51. The molecule has 1 atom stereocenters. The van der Waals surface area contributed by atoms with Crippen LogP contribution in [0.4, 0.5) is 5.69 Å². The highest BCUT2D eigenvalue weighted by Gasteiger charge is 2.32. The van der Waals surface area contributed by atoms with Crippen molar-refractivity contribution in [1.82, 2.24) is 10.2 Å². The van der Waals surface area contributed by atoms with Gasteiger partial charge in [0.1, 0.15) is 0 Å². The molecule has 1 aromatic rings. The van der Waals surface area contributed by atoms with E-state index in [1.807, 2.05) is 30.3 Å². The van der Waals surface area contributed by atoms with Gasteiger partial charge in [-0.3, -0.25) is 9.59 Å². The van der Waals surface area contributed by atoms with Crippen molar-refractivity contribution in [2.45, 2.75) is 12.5 Å². The zero-order valence-electron chi connectivity index (χ0n) is 13.3. The summed E-state index contributed by atoms with van der Waals surface area (Å²) < 4.78 is 22.8. The number of nitrogens with zero attached hydrogens (tertiary/aromatic N) is 2. The maximum Gasteiger partial charge on any atom is 0.312 e. The Morgan fingerprint density at radius 2 is 1.71 bits per heavy atom. The first kappa shape index (κ1) is 16.8. The van der Waals surface area contributed by atoms with Crippen LogP contribution in [0, 0.1) is 0 Å². The third-order valence-corrected chi connectivity index (χ3v) is 6.22. The van der Waals surface area contributed by atoms with Crippen molar-refractivity contribution in [2.24, 2.45) is 0 Å². The van der Waals surface area contributed by atoms with Crippen molar-refractivity contribution in [2.75, 3.05) is 42.6 Å². The van der Waals surface area contributed by atoms with E-state index in [0.29, 0.717) is 32.6 Å². The number of para-hydroxylation sites is 1. The van der Waals surface area contributed by atoms with E-state index in [1.165, 1.54) is 4.90 Å². The van der Waals surface area contributed by atoms with Gasteiger partial charge in [0.2, 0.25) is 0 Å². The number of amides is 2. The van der Waals surface area contributed by atoms with Crippen LogP contribution in [-0.2, 0) is 19.4 Å². The number of piperazine rings is 1. The lowest BCUT2D eigenvalue weighted by molar-refractivity contribution is -0.146. The van der Waals surface area contributed by atoms with E-state index in [9.17, 15) is 18.0 Å². The monoisotopic (exact) mass is 351 g/mol. The molecule has 0 spiro atoms. The summed E-state index contributed by atoms with van der Waals surface area (Å²) in [5, 5.41) is 2.55. The first-order valence-corrected chi connectivity index (χ1v) is 9.87. The fourth-order valence-corrected chi connectivity index (χ4v) is 4.78. The number of carbonyl (C=O) groups is 2. The molecule has 1 N–H and O–H groups in total. The minimum atomic E-state index is -3.08. The Bertz CT molecular complexity index is 712. The molecule has 0 bridgehead atoms. The first-order chi connectivity index (χ1) is 11.4. The lowest BCUT2D eigenvalue weighted by Gasteiger charge is -2.35. The summed E-state index contributed by atoms with van der Waals surface area (Å²) >= 11 is 0. The summed E-state index contributed by atoms with van der Waals surface area (Å²) in [6.45, 7) is 2.29. The minimum Gasteiger partial charge on any atom is -0.368 e. The molecule has 0 aliphatic carbocycles. The summed E-state index contributed by atoms with van der Waals surface area (Å²) in [5.41, 5.74) is 1.10. The van der Waals surface area contributed by atoms with Crippen LogP contribution in [0.25, 0.3) is 0 Å². The molecule has 0 aromatic heterocycles. The number of rotatable bonds is 2. The Labute approximate surface area is 141 Å². The molecule has 1 unspecified atom stereocenters. The van der Waals surface area contributed by atoms with Gasteiger partial charge in [0, 0.05) is 37.9 Å². The summed E-state index contributed by atoms with van der Waals surface area (Å²) in [7, 11) is -3.08. The highest BCUT2D eigenvalue weighted by atomic mass is 32.2. The Kier molecular flexibility index (Phi) is 4.75. The van der Waals surface area contributed by atoms with Gasteiger partial charge < -0.3 is 15.1 Å². The van der Waals surface area contributed by atoms with Gasteiger partial charge in [-0.25, -0.2) is 8.42 Å². The normalized spacial score (nSPS) is 23.1. The van der Waals surface area contributed by atoms with Gasteiger partial charge in [0.25, 0.3) is 0 Å². The van der Waals surface area contributed by atoms with Gasteiger partial charge in [0.15, 0.2) is 9.84 Å². The second-order valence-corrected chi connectivity index (χ2v) is 8.42. The van der Waals surface area contributed by atoms with Crippen LogP contribution < -0.4 is 10.2 Å². The zero-order chi connectivity index (χ0) is 17.2. The topological polar surface area (TPSA) is 86.8 Å². The van der Waals surface area contributed by atoms with E-state index in [0.717, 1.165) is 5.69 Å². The van der Waals surface area contributed by atoms with Crippen molar-refractivity contribution in [3.63, 3.8) is 0 Å². The summed E-state index contributed by atoms with van der Waals surface area (Å²) in [6, 6.07) is 9.48. The van der Waals surface area contributed by atoms with Gasteiger partial charge in [-0.2, -0.15) is 0 Å². The van der Waals surface area contributed by atoms with Gasteiger partial charge in [0.05, 0.1) is 11.5 Å². The summed E-state index contributed by atoms with van der Waals surface area (Å²) in [6.07, 6.45) is 0.378. The molecule has 130 valence electrons. The predicted molar refractivity (Wildman–Crippen MR) is 90.4 cm³/mol. The van der Waals surface area contributed by atoms with Crippen LogP contribution in [0.15, 0.2) is 30.3 Å². The fraction of sp³-hybridized carbons (Fsp3) is 0.500. The molecule has 2 heterocycles. The maximum atomic E-state index is 12.2. The van der Waals surface area contributed by atoms with Gasteiger partial charge in [-0.15, -0.1) is 0 Å². The number of sulfone groups is 1. The second-order valence-electron chi connectivity index (χ2n) is 6.19. The third-order valence-electron chi connectivity index (χ3n) is 4.45. The van der Waals surface area contributed by atoms with E-state index >= 15 is 0 Å². The molecule has 2 aliphatic rings. The molecule has 7 nitrogen and oxygen atoms in total. The number of anilines is 1. The van der Waals surface area contributed by atoms with Crippen LogP contribution in [0.5, 0.6) is 0 Å². The van der Waals surface area contributed by atoms with Crippen LogP contribution in [0.3, 0.4) is 0 Å². The molecule has 1 aromatic carbocycles. The molecule has 2 saturated heterocycles. The van der Waals surface area contributed by atoms with Crippen LogP contribution >= 0.6 is 0 Å². The largest absolute Gasteiger partial charge is 0.368 e. The SMILES string of the molecule is O=C(NC1CCS(=O)(=O)C1)C(=O)N1CCN(c2ccccc2)CC1. The number of benzene rings is 1. The molecule has 3 rings (SSSR count). The fourth-order valence-electron chi connectivity index (χ4n) is 3.11. The smallest absolute Gasteiger partial charge is 0.312 e. The maximum absolute atomic E-state index is 12.2. The van der Waals surface area contributed by atoms with E-state index < -0.39 is 27.7 Å². The van der Waals surface area contributed by atoms with Crippen molar-refractivity contribution >= 4 is 27.3 Å². The lowest BCUT2D eigenvalue weighted by Crippen LogP contribution is -2.54. The first-order valence-electron chi connectivity index (χ1n) is 8.05. The van der Waals surface area contributed by atoms with Gasteiger partial charge in [-0.1, -0.05) is 18.2 Å². The third kappa shape index (κ3) is 3.87. The van der Waals surface area contributed by atoms with Crippen molar-refractivity contribution in [3.05, 3.63) is 30.3 Å². The van der Waals surface area contributed by atoms with Crippen molar-refractivity contribution < 1.29 is 18.0 Å². The lowest BCUT2D eigenvalue weighted by atomic mass is 10.2. The minimum absolute atomic E-state index is 0.0713. The molecule has 2 amide bonds. The molecule has 8 heteroatoms. The molecule has 24 heavy (non-hydrogen) atoms. The van der Waals surface area contributed by atoms with Crippen LogP contribution in [0.2, 0.25) is 0 Å². The Hall–Kier alpha value is -2.09. The number of hydrogen-bond acceptors (Lipinski definition) is 5. The Morgan fingerprint density at radius 3 is 2.29 bits per heavy atom.